The van der Waals surface area contributed by atoms with E-state index >= 15 is 0 Å². The average molecular weight is 924 g/mol. The highest BCUT2D eigenvalue weighted by Gasteiger charge is 2.48. The molecule has 8 rings (SSSR count). The van der Waals surface area contributed by atoms with Gasteiger partial charge in [-0.15, -0.1) is 11.3 Å². The number of thiazole rings is 1. The van der Waals surface area contributed by atoms with Crippen LogP contribution in [0.15, 0.2) is 41.9 Å². The molecule has 1 aromatic carbocycles. The molecule has 7 heterocycles. The number of urea groups is 1. The van der Waals surface area contributed by atoms with Gasteiger partial charge in [0.1, 0.15) is 23.9 Å². The number of aldehydes is 1. The lowest BCUT2D eigenvalue weighted by atomic mass is 9.72. The summed E-state index contributed by atoms with van der Waals surface area (Å²) in [6.07, 6.45) is 6.34. The number of hydrazine groups is 1. The molecule has 0 saturated carbocycles. The van der Waals surface area contributed by atoms with E-state index in [-0.39, 0.29) is 47.8 Å². The fraction of sp³-hybridized carbons (Fsp3) is 0.600. The number of fused-ring (bicyclic) bond motifs is 6. The Balaban J connectivity index is 1.15. The number of benzene rings is 1. The lowest BCUT2D eigenvalue weighted by Gasteiger charge is -2.54. The summed E-state index contributed by atoms with van der Waals surface area (Å²) in [6.45, 7) is 17.2. The highest BCUT2D eigenvalue weighted by atomic mass is 32.1. The van der Waals surface area contributed by atoms with Gasteiger partial charge >= 0.3 is 6.03 Å². The van der Waals surface area contributed by atoms with Crippen LogP contribution in [0.5, 0.6) is 0 Å². The Hall–Kier alpha value is -4.74. The fourth-order valence-electron chi connectivity index (χ4n) is 10.7. The van der Waals surface area contributed by atoms with Gasteiger partial charge in [0.05, 0.1) is 41.4 Å². The number of hydrogen-bond acceptors (Lipinski definition) is 11. The maximum Gasteiger partial charge on any atom is 0.320 e. The topological polar surface area (TPSA) is 154 Å². The highest BCUT2D eigenvalue weighted by Crippen LogP contribution is 2.43. The molecule has 0 radical (unpaired) electrons. The molecule has 4 aliphatic rings. The molecule has 3 saturated heterocycles. The van der Waals surface area contributed by atoms with Crippen LogP contribution in [0, 0.1) is 16.7 Å². The molecule has 0 unspecified atom stereocenters. The number of rotatable bonds is 9. The quantitative estimate of drug-likeness (QED) is 0.182. The van der Waals surface area contributed by atoms with Crippen LogP contribution in [-0.4, -0.2) is 143 Å². The minimum Gasteiger partial charge on any atom is -0.378 e. The first-order valence-corrected chi connectivity index (χ1v) is 24.6. The van der Waals surface area contributed by atoms with Crippen LogP contribution in [0.4, 0.5) is 4.79 Å². The summed E-state index contributed by atoms with van der Waals surface area (Å²) in [5.41, 5.74) is 8.77. The van der Waals surface area contributed by atoms with Gasteiger partial charge in [0, 0.05) is 85.8 Å². The molecule has 15 nitrogen and oxygen atoms in total. The molecule has 1 spiro atoms. The number of hydrogen-bond donors (Lipinski definition) is 2. The second kappa shape index (κ2) is 19.1. The molecule has 3 aromatic heterocycles. The fourth-order valence-corrected chi connectivity index (χ4v) is 11.6. The van der Waals surface area contributed by atoms with Crippen molar-refractivity contribution in [3.05, 3.63) is 58.2 Å². The second-order valence-corrected chi connectivity index (χ2v) is 21.5. The van der Waals surface area contributed by atoms with E-state index in [2.05, 4.69) is 72.3 Å². The van der Waals surface area contributed by atoms with E-state index in [1.165, 1.54) is 16.3 Å². The third-order valence-corrected chi connectivity index (χ3v) is 15.4. The molecule has 0 aliphatic carbocycles. The minimum atomic E-state index is -1.16. The zero-order valence-electron chi connectivity index (χ0n) is 40.3. The molecule has 4 aromatic rings. The highest BCUT2D eigenvalue weighted by molar-refractivity contribution is 7.10. The Morgan fingerprint density at radius 2 is 1.86 bits per heavy atom. The third kappa shape index (κ3) is 9.40. The number of pyridine rings is 1. The Morgan fingerprint density at radius 1 is 1.11 bits per heavy atom. The summed E-state index contributed by atoms with van der Waals surface area (Å²) < 4.78 is 14.7. The predicted octanol–water partition coefficient (Wildman–Crippen LogP) is 6.35. The Morgan fingerprint density at radius 3 is 2.56 bits per heavy atom. The zero-order chi connectivity index (χ0) is 47.1. The van der Waals surface area contributed by atoms with Gasteiger partial charge < -0.3 is 38.9 Å². The Bertz CT molecular complexity index is 2430. The van der Waals surface area contributed by atoms with Crippen molar-refractivity contribution in [2.45, 2.75) is 110 Å². The first-order valence-electron chi connectivity index (χ1n) is 23.7. The molecule has 3 fully saturated rings. The third-order valence-electron chi connectivity index (χ3n) is 14.5. The number of piperidine rings is 1. The standard InChI is InChI=1S/C50H69N9O6S/c1-10-58-40-15-14-34-23-36(40)37(44(58)35-13-11-19-51-42(35)33(4)64-9)25-48(5,6)30-65-31-50(29-60)16-12-20-59(54-50)46(62)38(24-41-52-39(34)26-66-41)53-45(61)43(32(2)3)56(8)47(63)57-27-49(28-57)17-21-55(7)22-18-49/h11,13-15,19,23,26,29,32-33,38,43,54H,10,12,16-18,20-22,24-25,27-28,30-31H2,1-9H3,(H,53,61)/t33-,38-,43-,50-/m0/s1. The second-order valence-electron chi connectivity index (χ2n) is 20.6. The van der Waals surface area contributed by atoms with Gasteiger partial charge in [0.25, 0.3) is 5.91 Å². The van der Waals surface area contributed by atoms with Gasteiger partial charge in [-0.1, -0.05) is 33.8 Å². The summed E-state index contributed by atoms with van der Waals surface area (Å²) >= 11 is 1.44. The van der Waals surface area contributed by atoms with Crippen LogP contribution >= 0.6 is 11.3 Å². The summed E-state index contributed by atoms with van der Waals surface area (Å²) in [6, 6.07) is 8.52. The molecular weight excluding hydrogens is 855 g/mol. The lowest BCUT2D eigenvalue weighted by Crippen LogP contribution is -2.67. The lowest BCUT2D eigenvalue weighted by molar-refractivity contribution is -0.147. The van der Waals surface area contributed by atoms with Gasteiger partial charge in [-0.2, -0.15) is 0 Å². The molecule has 356 valence electrons. The molecule has 6 bridgehead atoms. The molecule has 4 amide bonds. The summed E-state index contributed by atoms with van der Waals surface area (Å²) in [5.74, 6) is -1.04. The number of likely N-dealkylation sites (tertiary alicyclic amines) is 2. The van der Waals surface area contributed by atoms with Crippen molar-refractivity contribution in [3.63, 3.8) is 0 Å². The van der Waals surface area contributed by atoms with Gasteiger partial charge in [0.2, 0.25) is 5.91 Å². The monoisotopic (exact) mass is 924 g/mol. The van der Waals surface area contributed by atoms with E-state index in [1.807, 2.05) is 43.3 Å². The van der Waals surface area contributed by atoms with Crippen LogP contribution < -0.4 is 10.7 Å². The van der Waals surface area contributed by atoms with Crippen LogP contribution in [0.2, 0.25) is 0 Å². The van der Waals surface area contributed by atoms with Crippen LogP contribution in [0.3, 0.4) is 0 Å². The summed E-state index contributed by atoms with van der Waals surface area (Å²) in [7, 11) is 5.52. The van der Waals surface area contributed by atoms with Gasteiger partial charge in [-0.05, 0) is 107 Å². The number of ether oxygens (including phenoxy) is 2. The number of aromatic nitrogens is 3. The van der Waals surface area contributed by atoms with Gasteiger partial charge in [0.15, 0.2) is 0 Å². The van der Waals surface area contributed by atoms with E-state index < -0.39 is 23.5 Å². The molecule has 2 N–H and O–H groups in total. The molecule has 4 aliphatic heterocycles. The van der Waals surface area contributed by atoms with Gasteiger partial charge in [-0.3, -0.25) is 19.6 Å². The largest absolute Gasteiger partial charge is 0.378 e. The first kappa shape index (κ1) is 47.7. The molecule has 16 heteroatoms. The Labute approximate surface area is 393 Å². The summed E-state index contributed by atoms with van der Waals surface area (Å²) in [5, 5.41) is 8.34. The molecule has 4 atom stereocenters. The average Bonchev–Trinajstić information content (AvgIpc) is 3.88. The predicted molar refractivity (Wildman–Crippen MR) is 257 cm³/mol. The van der Waals surface area contributed by atoms with Crippen molar-refractivity contribution in [2.24, 2.45) is 16.7 Å². The van der Waals surface area contributed by atoms with E-state index in [0.717, 1.165) is 83.4 Å². The van der Waals surface area contributed by atoms with E-state index in [1.54, 1.807) is 19.1 Å². The number of aryl methyl sites for hydroxylation is 1. The van der Waals surface area contributed by atoms with Gasteiger partial charge in [-0.25, -0.2) is 15.2 Å². The number of amides is 4. The van der Waals surface area contributed by atoms with Crippen molar-refractivity contribution >= 4 is 46.4 Å². The molecule has 66 heavy (non-hydrogen) atoms. The van der Waals surface area contributed by atoms with E-state index in [0.29, 0.717) is 50.5 Å². The number of carbonyl (C=O) groups is 4. The van der Waals surface area contributed by atoms with Crippen molar-refractivity contribution in [1.29, 1.82) is 0 Å². The number of likely N-dealkylation sites (N-methyl/N-ethyl adjacent to an activating group) is 1. The van der Waals surface area contributed by atoms with E-state index in [4.69, 9.17) is 19.4 Å². The smallest absolute Gasteiger partial charge is 0.320 e. The number of nitrogens with zero attached hydrogens (tertiary/aromatic N) is 7. The van der Waals surface area contributed by atoms with E-state index in [9.17, 15) is 19.2 Å². The normalized spacial score (nSPS) is 23.3. The van der Waals surface area contributed by atoms with Crippen molar-refractivity contribution in [3.8, 4) is 22.5 Å². The minimum absolute atomic E-state index is 0.0548. The molecular formula is C50H69N9O6S. The van der Waals surface area contributed by atoms with Crippen molar-refractivity contribution < 1.29 is 28.7 Å². The van der Waals surface area contributed by atoms with Crippen molar-refractivity contribution in [2.75, 3.05) is 67.1 Å². The number of methoxy groups -OCH3 is 1. The first-order chi connectivity index (χ1) is 31.5. The maximum absolute atomic E-state index is 14.8. The zero-order valence-corrected chi connectivity index (χ0v) is 41.1. The van der Waals surface area contributed by atoms with Crippen LogP contribution in [0.25, 0.3) is 33.4 Å². The number of carbonyl (C=O) groups excluding carboxylic acids is 4. The Kier molecular flexibility index (Phi) is 13.8. The van der Waals surface area contributed by atoms with Crippen molar-refractivity contribution in [1.82, 2.24) is 45.0 Å². The van der Waals surface area contributed by atoms with Crippen LogP contribution in [-0.2, 0) is 43.2 Å². The SMILES string of the molecule is CCn1c(-c2cccnc2[C@H](C)OC)c2c3cc(ccc31)-c1csc(n1)C[C@H](NC(=O)[C@H](C(C)C)N(C)C(=O)N1CC3(CCN(C)CC3)C1)C(=O)N1CCC[C@](C=O)(COCC(C)(C)C2)N1. The maximum atomic E-state index is 14.8. The number of nitrogens with one attached hydrogen (secondary N) is 2. The summed E-state index contributed by atoms with van der Waals surface area (Å²) in [4.78, 5) is 72.1. The van der Waals surface area contributed by atoms with Crippen LogP contribution in [0.1, 0.15) is 89.6 Å².